The van der Waals surface area contributed by atoms with E-state index in [0.717, 1.165) is 43.2 Å². The number of halogens is 1. The van der Waals surface area contributed by atoms with Gasteiger partial charge in [-0.3, -0.25) is 9.69 Å². The number of piperidine rings is 1. The van der Waals surface area contributed by atoms with E-state index in [9.17, 15) is 4.79 Å². The first-order valence-electron chi connectivity index (χ1n) is 9.95. The molecule has 1 fully saturated rings. The Morgan fingerprint density at radius 1 is 1.11 bits per heavy atom. The Morgan fingerprint density at radius 3 is 2.39 bits per heavy atom. The number of rotatable bonds is 7. The van der Waals surface area contributed by atoms with Crippen LogP contribution in [0, 0.1) is 19.8 Å². The van der Waals surface area contributed by atoms with E-state index in [1.165, 1.54) is 16.7 Å². The van der Waals surface area contributed by atoms with Gasteiger partial charge in [-0.1, -0.05) is 29.8 Å². The number of likely N-dealkylation sites (tertiary alicyclic amines) is 1. The number of carbonyl (C=O) groups is 1. The zero-order valence-corrected chi connectivity index (χ0v) is 17.5. The SMILES string of the molecule is Cc1cc(C)cc(OCCNC(=O)C2CCN(Cc3ccc(Cl)cc3)CC2)c1. The molecule has 0 unspecified atom stereocenters. The van der Waals surface area contributed by atoms with E-state index in [4.69, 9.17) is 16.3 Å². The van der Waals surface area contributed by atoms with Crippen molar-refractivity contribution in [1.29, 1.82) is 0 Å². The molecule has 2 aromatic carbocycles. The van der Waals surface area contributed by atoms with Gasteiger partial charge in [-0.15, -0.1) is 0 Å². The predicted octanol–water partition coefficient (Wildman–Crippen LogP) is 4.36. The highest BCUT2D eigenvalue weighted by atomic mass is 35.5. The molecule has 3 rings (SSSR count). The van der Waals surface area contributed by atoms with Crippen LogP contribution in [0.4, 0.5) is 0 Å². The molecule has 1 saturated heterocycles. The number of hydrogen-bond donors (Lipinski definition) is 1. The maximum absolute atomic E-state index is 12.4. The maximum Gasteiger partial charge on any atom is 0.223 e. The molecule has 1 heterocycles. The quantitative estimate of drug-likeness (QED) is 0.702. The second-order valence-electron chi connectivity index (χ2n) is 7.64. The minimum atomic E-state index is 0.0997. The molecule has 0 radical (unpaired) electrons. The summed E-state index contributed by atoms with van der Waals surface area (Å²) in [5.74, 6) is 1.11. The normalized spacial score (nSPS) is 15.4. The van der Waals surface area contributed by atoms with E-state index in [-0.39, 0.29) is 11.8 Å². The van der Waals surface area contributed by atoms with Gasteiger partial charge < -0.3 is 10.1 Å². The standard InChI is InChI=1S/C23H29ClN2O2/c1-17-13-18(2)15-22(14-17)28-12-9-25-23(27)20-7-10-26(11-8-20)16-19-3-5-21(24)6-4-19/h3-6,13-15,20H,7-12,16H2,1-2H3,(H,25,27). The van der Waals surface area contributed by atoms with E-state index in [1.54, 1.807) is 0 Å². The second kappa shape index (κ2) is 9.94. The van der Waals surface area contributed by atoms with Crippen molar-refractivity contribution in [3.05, 3.63) is 64.2 Å². The monoisotopic (exact) mass is 400 g/mol. The lowest BCUT2D eigenvalue weighted by atomic mass is 9.95. The van der Waals surface area contributed by atoms with Crippen molar-refractivity contribution < 1.29 is 9.53 Å². The van der Waals surface area contributed by atoms with E-state index in [1.807, 2.05) is 24.3 Å². The van der Waals surface area contributed by atoms with Gasteiger partial charge in [0.1, 0.15) is 12.4 Å². The predicted molar refractivity (Wildman–Crippen MR) is 114 cm³/mol. The van der Waals surface area contributed by atoms with Crippen molar-refractivity contribution in [3.8, 4) is 5.75 Å². The highest BCUT2D eigenvalue weighted by Gasteiger charge is 2.24. The van der Waals surface area contributed by atoms with E-state index < -0.39 is 0 Å². The summed E-state index contributed by atoms with van der Waals surface area (Å²) in [5, 5.41) is 3.79. The van der Waals surface area contributed by atoms with Crippen molar-refractivity contribution >= 4 is 17.5 Å². The minimum Gasteiger partial charge on any atom is -0.492 e. The molecular formula is C23H29ClN2O2. The summed E-state index contributed by atoms with van der Waals surface area (Å²) >= 11 is 5.94. The van der Waals surface area contributed by atoms with Crippen LogP contribution in [0.15, 0.2) is 42.5 Å². The Labute approximate surface area is 172 Å². The fourth-order valence-electron chi connectivity index (χ4n) is 3.70. The first-order chi connectivity index (χ1) is 13.5. The van der Waals surface area contributed by atoms with Gasteiger partial charge in [0.2, 0.25) is 5.91 Å². The van der Waals surface area contributed by atoms with Crippen LogP contribution >= 0.6 is 11.6 Å². The Morgan fingerprint density at radius 2 is 1.75 bits per heavy atom. The van der Waals surface area contributed by atoms with Gasteiger partial charge in [0.15, 0.2) is 0 Å². The molecule has 0 aromatic heterocycles. The molecule has 1 aliphatic rings. The van der Waals surface area contributed by atoms with Crippen LogP contribution < -0.4 is 10.1 Å². The highest BCUT2D eigenvalue weighted by molar-refractivity contribution is 6.30. The lowest BCUT2D eigenvalue weighted by molar-refractivity contribution is -0.126. The van der Waals surface area contributed by atoms with Crippen molar-refractivity contribution in [2.24, 2.45) is 5.92 Å². The van der Waals surface area contributed by atoms with Crippen LogP contribution in [0.25, 0.3) is 0 Å². The van der Waals surface area contributed by atoms with Crippen molar-refractivity contribution in [2.75, 3.05) is 26.2 Å². The summed E-state index contributed by atoms with van der Waals surface area (Å²) in [5.41, 5.74) is 3.63. The van der Waals surface area contributed by atoms with E-state index in [0.29, 0.717) is 13.2 Å². The summed E-state index contributed by atoms with van der Waals surface area (Å²) in [7, 11) is 0. The molecule has 28 heavy (non-hydrogen) atoms. The third-order valence-corrected chi connectivity index (χ3v) is 5.40. The molecular weight excluding hydrogens is 372 g/mol. The smallest absolute Gasteiger partial charge is 0.223 e. The molecule has 4 nitrogen and oxygen atoms in total. The van der Waals surface area contributed by atoms with Crippen molar-refractivity contribution in [2.45, 2.75) is 33.2 Å². The first-order valence-corrected chi connectivity index (χ1v) is 10.3. The number of nitrogens with one attached hydrogen (secondary N) is 1. The summed E-state index contributed by atoms with van der Waals surface area (Å²) in [6, 6.07) is 14.1. The zero-order valence-electron chi connectivity index (χ0n) is 16.7. The fourth-order valence-corrected chi connectivity index (χ4v) is 3.83. The minimum absolute atomic E-state index is 0.0997. The Kier molecular flexibility index (Phi) is 7.35. The average Bonchev–Trinajstić information content (AvgIpc) is 2.67. The summed E-state index contributed by atoms with van der Waals surface area (Å²) < 4.78 is 5.76. The molecule has 0 saturated carbocycles. The lowest BCUT2D eigenvalue weighted by Crippen LogP contribution is -2.41. The van der Waals surface area contributed by atoms with Crippen molar-refractivity contribution in [3.63, 3.8) is 0 Å². The van der Waals surface area contributed by atoms with E-state index in [2.05, 4.69) is 42.3 Å². The second-order valence-corrected chi connectivity index (χ2v) is 8.08. The molecule has 0 atom stereocenters. The number of hydrogen-bond acceptors (Lipinski definition) is 3. The highest BCUT2D eigenvalue weighted by Crippen LogP contribution is 2.20. The first kappa shape index (κ1) is 20.7. The van der Waals surface area contributed by atoms with Gasteiger partial charge in [-0.25, -0.2) is 0 Å². The average molecular weight is 401 g/mol. The number of ether oxygens (including phenoxy) is 1. The van der Waals surface area contributed by atoms with Crippen LogP contribution in [0.5, 0.6) is 5.75 Å². The van der Waals surface area contributed by atoms with Gasteiger partial charge in [0, 0.05) is 17.5 Å². The van der Waals surface area contributed by atoms with Crippen LogP contribution in [0.2, 0.25) is 5.02 Å². The van der Waals surface area contributed by atoms with Gasteiger partial charge >= 0.3 is 0 Å². The molecule has 5 heteroatoms. The van der Waals surface area contributed by atoms with Crippen LogP contribution in [-0.4, -0.2) is 37.0 Å². The van der Waals surface area contributed by atoms with Gasteiger partial charge in [-0.05, 0) is 80.7 Å². The summed E-state index contributed by atoms with van der Waals surface area (Å²) in [4.78, 5) is 14.8. The molecule has 2 aromatic rings. The molecule has 0 aliphatic carbocycles. The summed E-state index contributed by atoms with van der Waals surface area (Å²) in [6.45, 7) is 7.94. The number of amides is 1. The van der Waals surface area contributed by atoms with Crippen LogP contribution in [-0.2, 0) is 11.3 Å². The maximum atomic E-state index is 12.4. The Hall–Kier alpha value is -2.04. The molecule has 150 valence electrons. The molecule has 1 amide bonds. The Bertz CT molecular complexity index is 763. The van der Waals surface area contributed by atoms with Crippen LogP contribution in [0.1, 0.15) is 29.5 Å². The molecule has 0 spiro atoms. The summed E-state index contributed by atoms with van der Waals surface area (Å²) in [6.07, 6.45) is 1.80. The van der Waals surface area contributed by atoms with Gasteiger partial charge in [0.25, 0.3) is 0 Å². The largest absolute Gasteiger partial charge is 0.492 e. The molecule has 1 aliphatic heterocycles. The van der Waals surface area contributed by atoms with Gasteiger partial charge in [-0.2, -0.15) is 0 Å². The number of carbonyl (C=O) groups excluding carboxylic acids is 1. The Balaban J connectivity index is 1.35. The number of aryl methyl sites for hydroxylation is 2. The van der Waals surface area contributed by atoms with E-state index >= 15 is 0 Å². The lowest BCUT2D eigenvalue weighted by Gasteiger charge is -2.31. The molecule has 1 N–H and O–H groups in total. The molecule has 0 bridgehead atoms. The third kappa shape index (κ3) is 6.25. The fraction of sp³-hybridized carbons (Fsp3) is 0.435. The third-order valence-electron chi connectivity index (χ3n) is 5.14. The van der Waals surface area contributed by atoms with Crippen molar-refractivity contribution in [1.82, 2.24) is 10.2 Å². The number of benzene rings is 2. The van der Waals surface area contributed by atoms with Gasteiger partial charge in [0.05, 0.1) is 6.54 Å². The zero-order chi connectivity index (χ0) is 19.9. The number of nitrogens with zero attached hydrogens (tertiary/aromatic N) is 1. The topological polar surface area (TPSA) is 41.6 Å². The van der Waals surface area contributed by atoms with Crippen LogP contribution in [0.3, 0.4) is 0 Å².